The van der Waals surface area contributed by atoms with Crippen molar-refractivity contribution >= 4 is 5.69 Å². The van der Waals surface area contributed by atoms with Gasteiger partial charge in [0.25, 0.3) is 0 Å². The molecule has 3 nitrogen and oxygen atoms in total. The van der Waals surface area contributed by atoms with Crippen molar-refractivity contribution in [1.82, 2.24) is 5.32 Å². The van der Waals surface area contributed by atoms with Gasteiger partial charge in [-0.2, -0.15) is 0 Å². The zero-order valence-corrected chi connectivity index (χ0v) is 12.2. The van der Waals surface area contributed by atoms with E-state index in [1.165, 1.54) is 16.8 Å². The molecule has 0 spiro atoms. The first kappa shape index (κ1) is 13.7. The van der Waals surface area contributed by atoms with Gasteiger partial charge in [0.05, 0.1) is 13.1 Å². The molecule has 0 aliphatic carbocycles. The second-order valence-electron chi connectivity index (χ2n) is 5.10. The van der Waals surface area contributed by atoms with Gasteiger partial charge >= 0.3 is 0 Å². The smallest absolute Gasteiger partial charge is 0.123 e. The molecule has 1 N–H and O–H groups in total. The third kappa shape index (κ3) is 3.61. The lowest BCUT2D eigenvalue weighted by Gasteiger charge is -2.19. The Balaban J connectivity index is 2.08. The summed E-state index contributed by atoms with van der Waals surface area (Å²) in [4.78, 5) is 2.21. The van der Waals surface area contributed by atoms with Crippen LogP contribution < -0.4 is 10.2 Å². The van der Waals surface area contributed by atoms with Gasteiger partial charge in [-0.05, 0) is 56.3 Å². The fourth-order valence-electron chi connectivity index (χ4n) is 2.27. The molecule has 1 aromatic heterocycles. The van der Waals surface area contributed by atoms with E-state index in [1.807, 2.05) is 19.2 Å². The van der Waals surface area contributed by atoms with Crippen molar-refractivity contribution in [2.24, 2.45) is 0 Å². The van der Waals surface area contributed by atoms with Crippen LogP contribution in [0, 0.1) is 13.8 Å². The van der Waals surface area contributed by atoms with E-state index >= 15 is 0 Å². The Morgan fingerprint density at radius 3 is 2.32 bits per heavy atom. The highest BCUT2D eigenvalue weighted by atomic mass is 16.3. The van der Waals surface area contributed by atoms with Gasteiger partial charge in [0.2, 0.25) is 0 Å². The predicted octanol–water partition coefficient (Wildman–Crippen LogP) is 3.25. The van der Waals surface area contributed by atoms with Crippen LogP contribution in [0.2, 0.25) is 0 Å². The van der Waals surface area contributed by atoms with Crippen molar-refractivity contribution in [2.45, 2.75) is 26.9 Å². The van der Waals surface area contributed by atoms with Gasteiger partial charge < -0.3 is 14.6 Å². The van der Waals surface area contributed by atoms with Gasteiger partial charge in [0, 0.05) is 12.7 Å². The van der Waals surface area contributed by atoms with Crippen molar-refractivity contribution < 1.29 is 4.42 Å². The number of hydrogen-bond acceptors (Lipinski definition) is 3. The number of furan rings is 1. The number of rotatable bonds is 5. The lowest BCUT2D eigenvalue weighted by atomic mass is 10.1. The van der Waals surface area contributed by atoms with Crippen LogP contribution in [0.4, 0.5) is 5.69 Å². The number of hydrogen-bond donors (Lipinski definition) is 1. The van der Waals surface area contributed by atoms with Crippen LogP contribution in [0.3, 0.4) is 0 Å². The SMILES string of the molecule is CNCc1ccc(CN(C)c2cc(C)cc(C)c2)o1. The van der Waals surface area contributed by atoms with E-state index in [9.17, 15) is 0 Å². The summed E-state index contributed by atoms with van der Waals surface area (Å²) in [6, 6.07) is 10.7. The quantitative estimate of drug-likeness (QED) is 0.892. The van der Waals surface area contributed by atoms with Crippen molar-refractivity contribution in [3.05, 3.63) is 53.0 Å². The Morgan fingerprint density at radius 1 is 1.05 bits per heavy atom. The number of aryl methyl sites for hydroxylation is 2. The first-order chi connectivity index (χ1) is 9.08. The molecule has 1 aromatic carbocycles. The van der Waals surface area contributed by atoms with E-state index in [0.29, 0.717) is 0 Å². The largest absolute Gasteiger partial charge is 0.463 e. The molecule has 0 bridgehead atoms. The van der Waals surface area contributed by atoms with Crippen molar-refractivity contribution in [3.63, 3.8) is 0 Å². The molecule has 1 heterocycles. The molecule has 0 unspecified atom stereocenters. The highest BCUT2D eigenvalue weighted by Gasteiger charge is 2.07. The molecular weight excluding hydrogens is 236 g/mol. The Morgan fingerprint density at radius 2 is 1.68 bits per heavy atom. The third-order valence-corrected chi connectivity index (χ3v) is 3.11. The standard InChI is InChI=1S/C16H22N2O/c1-12-7-13(2)9-14(8-12)18(4)11-16-6-5-15(19-16)10-17-3/h5-9,17H,10-11H2,1-4H3. The topological polar surface area (TPSA) is 28.4 Å². The molecule has 0 atom stereocenters. The summed E-state index contributed by atoms with van der Waals surface area (Å²) in [5, 5.41) is 3.09. The zero-order chi connectivity index (χ0) is 13.8. The molecule has 0 saturated heterocycles. The molecule has 0 aliphatic heterocycles. The molecular formula is C16H22N2O. The number of nitrogens with one attached hydrogen (secondary N) is 1. The van der Waals surface area contributed by atoms with Crippen LogP contribution >= 0.6 is 0 Å². The first-order valence-electron chi connectivity index (χ1n) is 6.60. The Kier molecular flexibility index (Phi) is 4.27. The van der Waals surface area contributed by atoms with Crippen LogP contribution in [0.1, 0.15) is 22.6 Å². The minimum Gasteiger partial charge on any atom is -0.463 e. The molecule has 19 heavy (non-hydrogen) atoms. The summed E-state index contributed by atoms with van der Waals surface area (Å²) in [6.45, 7) is 5.81. The van der Waals surface area contributed by atoms with Gasteiger partial charge in [-0.15, -0.1) is 0 Å². The summed E-state index contributed by atoms with van der Waals surface area (Å²) >= 11 is 0. The molecule has 2 rings (SSSR count). The third-order valence-electron chi connectivity index (χ3n) is 3.11. The molecule has 3 heteroatoms. The Hall–Kier alpha value is -1.74. The molecule has 0 saturated carbocycles. The minimum absolute atomic E-state index is 0.771. The molecule has 0 aliphatic rings. The molecule has 0 fully saturated rings. The highest BCUT2D eigenvalue weighted by Crippen LogP contribution is 2.20. The lowest BCUT2D eigenvalue weighted by Crippen LogP contribution is -2.16. The minimum atomic E-state index is 0.771. The molecule has 102 valence electrons. The average Bonchev–Trinajstić information content (AvgIpc) is 2.76. The summed E-state index contributed by atoms with van der Waals surface area (Å²) < 4.78 is 5.77. The number of nitrogens with zero attached hydrogens (tertiary/aromatic N) is 1. The lowest BCUT2D eigenvalue weighted by molar-refractivity contribution is 0.453. The van der Waals surface area contributed by atoms with E-state index in [4.69, 9.17) is 4.42 Å². The molecule has 2 aromatic rings. The Labute approximate surface area is 115 Å². The van der Waals surface area contributed by atoms with Gasteiger partial charge in [0.15, 0.2) is 0 Å². The fourth-order valence-corrected chi connectivity index (χ4v) is 2.27. The number of benzene rings is 1. The van der Waals surface area contributed by atoms with Gasteiger partial charge in [0.1, 0.15) is 11.5 Å². The Bertz CT molecular complexity index is 525. The summed E-state index contributed by atoms with van der Waals surface area (Å²) in [6.07, 6.45) is 0. The van der Waals surface area contributed by atoms with Crippen molar-refractivity contribution in [1.29, 1.82) is 0 Å². The second-order valence-corrected chi connectivity index (χ2v) is 5.10. The fraction of sp³-hybridized carbons (Fsp3) is 0.375. The maximum Gasteiger partial charge on any atom is 0.123 e. The summed E-state index contributed by atoms with van der Waals surface area (Å²) in [7, 11) is 4.01. The summed E-state index contributed by atoms with van der Waals surface area (Å²) in [5.74, 6) is 1.97. The van der Waals surface area contributed by atoms with Crippen LogP contribution in [-0.4, -0.2) is 14.1 Å². The monoisotopic (exact) mass is 258 g/mol. The van der Waals surface area contributed by atoms with E-state index < -0.39 is 0 Å². The molecule has 0 radical (unpaired) electrons. The van der Waals surface area contributed by atoms with E-state index in [2.05, 4.69) is 49.3 Å². The average molecular weight is 258 g/mol. The van der Waals surface area contributed by atoms with E-state index in [0.717, 1.165) is 24.6 Å². The first-order valence-corrected chi connectivity index (χ1v) is 6.60. The second kappa shape index (κ2) is 5.93. The normalized spacial score (nSPS) is 10.7. The van der Waals surface area contributed by atoms with E-state index in [-0.39, 0.29) is 0 Å². The molecule has 0 amide bonds. The van der Waals surface area contributed by atoms with Crippen molar-refractivity contribution in [2.75, 3.05) is 19.0 Å². The summed E-state index contributed by atoms with van der Waals surface area (Å²) in [5.41, 5.74) is 3.80. The maximum absolute atomic E-state index is 5.77. The van der Waals surface area contributed by atoms with Crippen molar-refractivity contribution in [3.8, 4) is 0 Å². The van der Waals surface area contributed by atoms with Crippen LogP contribution in [0.25, 0.3) is 0 Å². The zero-order valence-electron chi connectivity index (χ0n) is 12.2. The van der Waals surface area contributed by atoms with Crippen LogP contribution in [0.15, 0.2) is 34.7 Å². The maximum atomic E-state index is 5.77. The highest BCUT2D eigenvalue weighted by molar-refractivity contribution is 5.50. The van der Waals surface area contributed by atoms with Crippen LogP contribution in [0.5, 0.6) is 0 Å². The van der Waals surface area contributed by atoms with E-state index in [1.54, 1.807) is 0 Å². The van der Waals surface area contributed by atoms with Gasteiger partial charge in [-0.1, -0.05) is 6.07 Å². The number of anilines is 1. The predicted molar refractivity (Wildman–Crippen MR) is 79.5 cm³/mol. The van der Waals surface area contributed by atoms with Gasteiger partial charge in [-0.3, -0.25) is 0 Å². The van der Waals surface area contributed by atoms with Gasteiger partial charge in [-0.25, -0.2) is 0 Å². The van der Waals surface area contributed by atoms with Crippen LogP contribution in [-0.2, 0) is 13.1 Å².